The van der Waals surface area contributed by atoms with Gasteiger partial charge in [0.1, 0.15) is 11.5 Å². The number of likely N-dealkylation sites (tertiary alicyclic amines) is 1. The average molecular weight is 451 g/mol. The molecule has 0 radical (unpaired) electrons. The number of nitrogens with one attached hydrogen (secondary N) is 1. The van der Waals surface area contributed by atoms with Crippen molar-refractivity contribution in [1.82, 2.24) is 4.90 Å². The summed E-state index contributed by atoms with van der Waals surface area (Å²) < 4.78 is 11.2. The summed E-state index contributed by atoms with van der Waals surface area (Å²) in [7, 11) is 1.66. The highest BCUT2D eigenvalue weighted by Crippen LogP contribution is 2.42. The molecule has 1 unspecified atom stereocenters. The van der Waals surface area contributed by atoms with Crippen LogP contribution in [0.2, 0.25) is 0 Å². The first-order chi connectivity index (χ1) is 16.1. The molecule has 4 rings (SSSR count). The summed E-state index contributed by atoms with van der Waals surface area (Å²) in [6.07, 6.45) is 7.61. The van der Waals surface area contributed by atoms with Gasteiger partial charge in [0, 0.05) is 18.8 Å². The van der Waals surface area contributed by atoms with Crippen molar-refractivity contribution in [1.29, 1.82) is 0 Å². The van der Waals surface area contributed by atoms with Gasteiger partial charge in [0.05, 0.1) is 19.1 Å². The summed E-state index contributed by atoms with van der Waals surface area (Å²) in [6, 6.07) is 15.7. The number of ether oxygens (including phenoxy) is 2. The van der Waals surface area contributed by atoms with Gasteiger partial charge in [-0.15, -0.1) is 0 Å². The third-order valence-corrected chi connectivity index (χ3v) is 7.28. The lowest BCUT2D eigenvalue weighted by atomic mass is 9.78. The normalized spacial score (nSPS) is 20.4. The van der Waals surface area contributed by atoms with Crippen LogP contribution < -0.4 is 14.8 Å². The van der Waals surface area contributed by atoms with Gasteiger partial charge >= 0.3 is 0 Å². The first kappa shape index (κ1) is 23.6. The zero-order chi connectivity index (χ0) is 23.1. The summed E-state index contributed by atoms with van der Waals surface area (Å²) in [5.74, 6) is 2.56. The van der Waals surface area contributed by atoms with Crippen molar-refractivity contribution >= 4 is 11.6 Å². The quantitative estimate of drug-likeness (QED) is 0.502. The maximum atomic E-state index is 13.4. The smallest absolute Gasteiger partial charge is 0.235 e. The molecule has 33 heavy (non-hydrogen) atoms. The monoisotopic (exact) mass is 450 g/mol. The van der Waals surface area contributed by atoms with Crippen molar-refractivity contribution in [2.24, 2.45) is 5.92 Å². The van der Waals surface area contributed by atoms with E-state index in [1.54, 1.807) is 7.11 Å². The fourth-order valence-electron chi connectivity index (χ4n) is 5.39. The number of piperidine rings is 1. The van der Waals surface area contributed by atoms with E-state index in [0.717, 1.165) is 73.9 Å². The number of carbonyl (C=O) groups is 1. The van der Waals surface area contributed by atoms with Gasteiger partial charge in [0.2, 0.25) is 5.91 Å². The Labute approximate surface area is 198 Å². The minimum atomic E-state index is -0.465. The number of amides is 1. The molecule has 2 fully saturated rings. The molecule has 1 amide bonds. The number of methoxy groups -OCH3 is 1. The lowest BCUT2D eigenvalue weighted by molar-refractivity contribution is -0.121. The minimum Gasteiger partial charge on any atom is -0.497 e. The molecule has 1 aliphatic heterocycles. The molecule has 0 aromatic heterocycles. The number of benzene rings is 2. The SMILES string of the molecule is COc1ccc(C2(C(=O)Nc3ccc(OCCCN4CCCC(C)C4)cc3)CCCC2)cc1. The molecule has 1 heterocycles. The number of anilines is 1. The molecule has 0 bridgehead atoms. The minimum absolute atomic E-state index is 0.0783. The third kappa shape index (κ3) is 5.89. The van der Waals surface area contributed by atoms with Crippen LogP contribution in [0.3, 0.4) is 0 Å². The van der Waals surface area contributed by atoms with Crippen LogP contribution in [-0.2, 0) is 10.2 Å². The Morgan fingerprint density at radius 1 is 1.03 bits per heavy atom. The van der Waals surface area contributed by atoms with E-state index in [1.807, 2.05) is 48.5 Å². The van der Waals surface area contributed by atoms with Gasteiger partial charge in [-0.05, 0) is 86.5 Å². The van der Waals surface area contributed by atoms with Crippen LogP contribution in [0.25, 0.3) is 0 Å². The first-order valence-corrected chi connectivity index (χ1v) is 12.5. The number of nitrogens with zero attached hydrogens (tertiary/aromatic N) is 1. The predicted molar refractivity (Wildman–Crippen MR) is 133 cm³/mol. The topological polar surface area (TPSA) is 50.8 Å². The van der Waals surface area contributed by atoms with E-state index in [0.29, 0.717) is 0 Å². The van der Waals surface area contributed by atoms with Crippen molar-refractivity contribution in [3.05, 3.63) is 54.1 Å². The molecule has 5 heteroatoms. The fourth-order valence-corrected chi connectivity index (χ4v) is 5.39. The molecule has 1 saturated heterocycles. The van der Waals surface area contributed by atoms with Crippen molar-refractivity contribution in [3.63, 3.8) is 0 Å². The largest absolute Gasteiger partial charge is 0.497 e. The first-order valence-electron chi connectivity index (χ1n) is 12.5. The van der Waals surface area contributed by atoms with E-state index in [9.17, 15) is 4.79 Å². The summed E-state index contributed by atoms with van der Waals surface area (Å²) >= 11 is 0. The Kier molecular flexibility index (Phi) is 7.92. The number of rotatable bonds is 9. The Morgan fingerprint density at radius 3 is 2.39 bits per heavy atom. The summed E-state index contributed by atoms with van der Waals surface area (Å²) in [4.78, 5) is 15.9. The standard InChI is InChI=1S/C28H38N2O3/c1-22-7-5-18-30(21-22)19-6-20-33-26-14-10-24(11-15-26)29-27(31)28(16-3-4-17-28)23-8-12-25(32-2)13-9-23/h8-15,22H,3-7,16-21H2,1-2H3,(H,29,31). The van der Waals surface area contributed by atoms with Crippen LogP contribution in [0.1, 0.15) is 57.4 Å². The Hall–Kier alpha value is -2.53. The highest BCUT2D eigenvalue weighted by atomic mass is 16.5. The highest BCUT2D eigenvalue weighted by molar-refractivity contribution is 5.99. The summed E-state index contributed by atoms with van der Waals surface area (Å²) in [5, 5.41) is 3.16. The van der Waals surface area contributed by atoms with Crippen LogP contribution in [-0.4, -0.2) is 44.2 Å². The van der Waals surface area contributed by atoms with Gasteiger partial charge in [0.25, 0.3) is 0 Å². The van der Waals surface area contributed by atoms with Gasteiger partial charge in [-0.2, -0.15) is 0 Å². The third-order valence-electron chi connectivity index (χ3n) is 7.28. The van der Waals surface area contributed by atoms with E-state index < -0.39 is 5.41 Å². The molecule has 1 saturated carbocycles. The molecule has 5 nitrogen and oxygen atoms in total. The van der Waals surface area contributed by atoms with E-state index in [4.69, 9.17) is 9.47 Å². The molecule has 2 aromatic rings. The lowest BCUT2D eigenvalue weighted by Gasteiger charge is -2.30. The summed E-state index contributed by atoms with van der Waals surface area (Å²) in [5.41, 5.74) is 1.42. The second-order valence-electron chi connectivity index (χ2n) is 9.75. The van der Waals surface area contributed by atoms with Crippen LogP contribution in [0, 0.1) is 5.92 Å². The van der Waals surface area contributed by atoms with Crippen molar-refractivity contribution in [2.45, 2.75) is 57.3 Å². The van der Waals surface area contributed by atoms with E-state index >= 15 is 0 Å². The van der Waals surface area contributed by atoms with Gasteiger partial charge < -0.3 is 19.7 Å². The second kappa shape index (κ2) is 11.1. The average Bonchev–Trinajstić information content (AvgIpc) is 3.34. The Balaban J connectivity index is 1.29. The Morgan fingerprint density at radius 2 is 1.73 bits per heavy atom. The van der Waals surface area contributed by atoms with E-state index in [-0.39, 0.29) is 5.91 Å². The Bertz CT molecular complexity index is 888. The lowest BCUT2D eigenvalue weighted by Crippen LogP contribution is -2.37. The van der Waals surface area contributed by atoms with E-state index in [2.05, 4.69) is 17.1 Å². The molecule has 0 spiro atoms. The maximum absolute atomic E-state index is 13.4. The van der Waals surface area contributed by atoms with Crippen LogP contribution in [0.15, 0.2) is 48.5 Å². The van der Waals surface area contributed by atoms with E-state index in [1.165, 1.54) is 25.9 Å². The van der Waals surface area contributed by atoms with Crippen molar-refractivity contribution in [3.8, 4) is 11.5 Å². The molecule has 178 valence electrons. The zero-order valence-corrected chi connectivity index (χ0v) is 20.1. The van der Waals surface area contributed by atoms with Crippen molar-refractivity contribution < 1.29 is 14.3 Å². The molecule has 2 aromatic carbocycles. The number of hydrogen-bond donors (Lipinski definition) is 1. The zero-order valence-electron chi connectivity index (χ0n) is 20.1. The molecule has 1 aliphatic carbocycles. The maximum Gasteiger partial charge on any atom is 0.235 e. The molecule has 1 atom stereocenters. The highest BCUT2D eigenvalue weighted by Gasteiger charge is 2.42. The number of carbonyl (C=O) groups excluding carboxylic acids is 1. The van der Waals surface area contributed by atoms with Crippen LogP contribution in [0.4, 0.5) is 5.69 Å². The van der Waals surface area contributed by atoms with Gasteiger partial charge in [-0.1, -0.05) is 31.9 Å². The molecular weight excluding hydrogens is 412 g/mol. The van der Waals surface area contributed by atoms with Crippen LogP contribution >= 0.6 is 0 Å². The van der Waals surface area contributed by atoms with Crippen molar-refractivity contribution in [2.75, 3.05) is 38.7 Å². The van der Waals surface area contributed by atoms with Gasteiger partial charge in [-0.3, -0.25) is 4.79 Å². The summed E-state index contributed by atoms with van der Waals surface area (Å²) in [6.45, 7) is 6.60. The predicted octanol–water partition coefficient (Wildman–Crippen LogP) is 5.65. The molecule has 2 aliphatic rings. The van der Waals surface area contributed by atoms with Crippen LogP contribution in [0.5, 0.6) is 11.5 Å². The molecule has 1 N–H and O–H groups in total. The second-order valence-corrected chi connectivity index (χ2v) is 9.75. The number of hydrogen-bond acceptors (Lipinski definition) is 4. The fraction of sp³-hybridized carbons (Fsp3) is 0.536. The molecular formula is C28H38N2O3. The van der Waals surface area contributed by atoms with Gasteiger partial charge in [-0.25, -0.2) is 0 Å². The van der Waals surface area contributed by atoms with Gasteiger partial charge in [0.15, 0.2) is 0 Å².